The van der Waals surface area contributed by atoms with Crippen LogP contribution in [-0.4, -0.2) is 18.5 Å². The Morgan fingerprint density at radius 2 is 2.07 bits per heavy atom. The summed E-state index contributed by atoms with van der Waals surface area (Å²) in [6, 6.07) is 0. The van der Waals surface area contributed by atoms with Gasteiger partial charge >= 0.3 is 0 Å². The van der Waals surface area contributed by atoms with Gasteiger partial charge in [0.2, 0.25) is 0 Å². The normalized spacial score (nSPS) is 30.9. The van der Waals surface area contributed by atoms with Crippen LogP contribution in [0.15, 0.2) is 12.2 Å². The third-order valence-corrected chi connectivity index (χ3v) is 3.26. The lowest BCUT2D eigenvalue weighted by Crippen LogP contribution is -2.32. The van der Waals surface area contributed by atoms with Crippen LogP contribution in [0.2, 0.25) is 0 Å². The van der Waals surface area contributed by atoms with Crippen molar-refractivity contribution in [2.75, 3.05) is 12.4 Å². The maximum Gasteiger partial charge on any atom is 0.0651 e. The lowest BCUT2D eigenvalue weighted by molar-refractivity contribution is -0.0108. The number of thiol groups is 1. The topological polar surface area (TPSA) is 9.23 Å². The van der Waals surface area contributed by atoms with Crippen molar-refractivity contribution in [3.8, 4) is 0 Å². The van der Waals surface area contributed by atoms with E-state index in [1.807, 2.05) is 6.08 Å². The van der Waals surface area contributed by atoms with Crippen molar-refractivity contribution in [1.29, 1.82) is 0 Å². The molecule has 0 aromatic carbocycles. The molecule has 1 fully saturated rings. The Morgan fingerprint density at radius 3 is 2.67 bits per heavy atom. The SMILES string of the molecule is CC1CC(OCC=CCS)CC(C)(C)C1. The molecule has 0 aromatic heterocycles. The van der Waals surface area contributed by atoms with Crippen molar-refractivity contribution in [2.45, 2.75) is 46.1 Å². The van der Waals surface area contributed by atoms with E-state index in [4.69, 9.17) is 4.74 Å². The van der Waals surface area contributed by atoms with Crippen LogP contribution in [0.25, 0.3) is 0 Å². The van der Waals surface area contributed by atoms with Crippen LogP contribution in [0.1, 0.15) is 40.0 Å². The molecule has 0 bridgehead atoms. The predicted octanol–water partition coefficient (Wildman–Crippen LogP) is 3.70. The smallest absolute Gasteiger partial charge is 0.0651 e. The summed E-state index contributed by atoms with van der Waals surface area (Å²) in [4.78, 5) is 0. The summed E-state index contributed by atoms with van der Waals surface area (Å²) in [6.45, 7) is 7.78. The molecule has 15 heavy (non-hydrogen) atoms. The summed E-state index contributed by atoms with van der Waals surface area (Å²) < 4.78 is 5.87. The van der Waals surface area contributed by atoms with E-state index >= 15 is 0 Å². The maximum absolute atomic E-state index is 5.87. The second-order valence-electron chi connectivity index (χ2n) is 5.52. The van der Waals surface area contributed by atoms with E-state index in [9.17, 15) is 0 Å². The van der Waals surface area contributed by atoms with Crippen molar-refractivity contribution in [1.82, 2.24) is 0 Å². The van der Waals surface area contributed by atoms with Gasteiger partial charge in [0.15, 0.2) is 0 Å². The van der Waals surface area contributed by atoms with Gasteiger partial charge in [-0.15, -0.1) is 0 Å². The molecule has 1 saturated carbocycles. The molecule has 0 spiro atoms. The maximum atomic E-state index is 5.87. The summed E-state index contributed by atoms with van der Waals surface area (Å²) >= 11 is 4.12. The highest BCUT2D eigenvalue weighted by atomic mass is 32.1. The molecule has 88 valence electrons. The lowest BCUT2D eigenvalue weighted by atomic mass is 9.71. The zero-order valence-electron chi connectivity index (χ0n) is 10.2. The predicted molar refractivity (Wildman–Crippen MR) is 69.5 cm³/mol. The van der Waals surface area contributed by atoms with Crippen LogP contribution < -0.4 is 0 Å². The highest BCUT2D eigenvalue weighted by Gasteiger charge is 2.32. The minimum atomic E-state index is 0.452. The Morgan fingerprint density at radius 1 is 1.33 bits per heavy atom. The van der Waals surface area contributed by atoms with E-state index in [0.717, 1.165) is 18.3 Å². The average Bonchev–Trinajstić information content (AvgIpc) is 2.09. The number of ether oxygens (including phenoxy) is 1. The zero-order chi connectivity index (χ0) is 11.3. The minimum absolute atomic E-state index is 0.452. The van der Waals surface area contributed by atoms with Gasteiger partial charge in [-0.2, -0.15) is 12.6 Å². The van der Waals surface area contributed by atoms with Gasteiger partial charge < -0.3 is 4.74 Å². The molecule has 0 saturated heterocycles. The fourth-order valence-corrected chi connectivity index (χ4v) is 2.87. The quantitative estimate of drug-likeness (QED) is 0.570. The molecule has 0 N–H and O–H groups in total. The molecule has 1 nitrogen and oxygen atoms in total. The monoisotopic (exact) mass is 228 g/mol. The van der Waals surface area contributed by atoms with E-state index in [1.54, 1.807) is 0 Å². The largest absolute Gasteiger partial charge is 0.374 e. The first-order chi connectivity index (χ1) is 7.03. The molecule has 0 aromatic rings. The number of rotatable bonds is 4. The first-order valence-electron chi connectivity index (χ1n) is 5.91. The van der Waals surface area contributed by atoms with Gasteiger partial charge in [0.05, 0.1) is 12.7 Å². The molecule has 0 aliphatic heterocycles. The lowest BCUT2D eigenvalue weighted by Gasteiger charge is -2.38. The van der Waals surface area contributed by atoms with Crippen LogP contribution in [0, 0.1) is 11.3 Å². The molecule has 2 unspecified atom stereocenters. The fourth-order valence-electron chi connectivity index (χ4n) is 2.72. The molecule has 1 aliphatic rings. The van der Waals surface area contributed by atoms with Crippen LogP contribution in [0.4, 0.5) is 0 Å². The van der Waals surface area contributed by atoms with E-state index in [2.05, 4.69) is 39.5 Å². The van der Waals surface area contributed by atoms with Gasteiger partial charge in [0.1, 0.15) is 0 Å². The van der Waals surface area contributed by atoms with Gasteiger partial charge in [-0.1, -0.05) is 32.9 Å². The van der Waals surface area contributed by atoms with Crippen molar-refractivity contribution in [3.63, 3.8) is 0 Å². The highest BCUT2D eigenvalue weighted by Crippen LogP contribution is 2.39. The summed E-state index contributed by atoms with van der Waals surface area (Å²) in [5.41, 5.74) is 0.454. The third-order valence-electron chi connectivity index (χ3n) is 3.05. The van der Waals surface area contributed by atoms with E-state index in [1.165, 1.54) is 19.3 Å². The van der Waals surface area contributed by atoms with Gasteiger partial charge in [-0.05, 0) is 30.6 Å². The Bertz CT molecular complexity index is 211. The molecule has 0 amide bonds. The molecule has 2 atom stereocenters. The first kappa shape index (κ1) is 13.1. The highest BCUT2D eigenvalue weighted by molar-refractivity contribution is 7.80. The van der Waals surface area contributed by atoms with Crippen molar-refractivity contribution < 1.29 is 4.74 Å². The third kappa shape index (κ3) is 5.07. The Balaban J connectivity index is 2.32. The van der Waals surface area contributed by atoms with Crippen LogP contribution in [-0.2, 0) is 4.74 Å². The molecule has 0 radical (unpaired) electrons. The Hall–Kier alpha value is 0.0500. The second kappa shape index (κ2) is 5.95. The Labute approximate surface area is 99.7 Å². The van der Waals surface area contributed by atoms with Crippen LogP contribution in [0.3, 0.4) is 0 Å². The van der Waals surface area contributed by atoms with E-state index < -0.39 is 0 Å². The average molecular weight is 228 g/mol. The summed E-state index contributed by atoms with van der Waals surface area (Å²) in [6.07, 6.45) is 8.32. The molecule has 2 heteroatoms. The molecule has 1 rings (SSSR count). The van der Waals surface area contributed by atoms with E-state index in [-0.39, 0.29) is 0 Å². The van der Waals surface area contributed by atoms with E-state index in [0.29, 0.717) is 11.5 Å². The number of hydrogen-bond acceptors (Lipinski definition) is 2. The van der Waals surface area contributed by atoms with Crippen molar-refractivity contribution in [2.24, 2.45) is 11.3 Å². The van der Waals surface area contributed by atoms with Crippen molar-refractivity contribution in [3.05, 3.63) is 12.2 Å². The first-order valence-corrected chi connectivity index (χ1v) is 6.54. The van der Waals surface area contributed by atoms with Crippen LogP contribution >= 0.6 is 12.6 Å². The second-order valence-corrected chi connectivity index (χ2v) is 5.89. The minimum Gasteiger partial charge on any atom is -0.374 e. The number of hydrogen-bond donors (Lipinski definition) is 1. The molecular formula is C13H24OS. The molecular weight excluding hydrogens is 204 g/mol. The zero-order valence-corrected chi connectivity index (χ0v) is 11.1. The molecule has 1 aliphatic carbocycles. The molecule has 0 heterocycles. The van der Waals surface area contributed by atoms with Gasteiger partial charge in [-0.25, -0.2) is 0 Å². The summed E-state index contributed by atoms with van der Waals surface area (Å²) in [5.74, 6) is 1.60. The van der Waals surface area contributed by atoms with Gasteiger partial charge in [0, 0.05) is 5.75 Å². The standard InChI is InChI=1S/C13H24OS/c1-11-8-12(10-13(2,3)9-11)14-6-4-5-7-15/h4-5,11-12,15H,6-10H2,1-3H3. The Kier molecular flexibility index (Phi) is 5.20. The fraction of sp³-hybridized carbons (Fsp3) is 0.846. The van der Waals surface area contributed by atoms with Gasteiger partial charge in [-0.3, -0.25) is 0 Å². The van der Waals surface area contributed by atoms with Crippen LogP contribution in [0.5, 0.6) is 0 Å². The summed E-state index contributed by atoms with van der Waals surface area (Å²) in [7, 11) is 0. The summed E-state index contributed by atoms with van der Waals surface area (Å²) in [5, 5.41) is 0. The van der Waals surface area contributed by atoms with Gasteiger partial charge in [0.25, 0.3) is 0 Å². The van der Waals surface area contributed by atoms with Crippen molar-refractivity contribution >= 4 is 12.6 Å².